The zero-order valence-electron chi connectivity index (χ0n) is 10.3. The lowest BCUT2D eigenvalue weighted by molar-refractivity contribution is -0.115. The van der Waals surface area contributed by atoms with E-state index in [0.29, 0.717) is 12.1 Å². The summed E-state index contributed by atoms with van der Waals surface area (Å²) in [7, 11) is 0. The molecule has 3 nitrogen and oxygen atoms in total. The van der Waals surface area contributed by atoms with Crippen LogP contribution in [-0.2, 0) is 11.3 Å². The highest BCUT2D eigenvalue weighted by Crippen LogP contribution is 2.30. The molecule has 2 aromatic carbocycles. The minimum absolute atomic E-state index is 0.0740. The topological polar surface area (TPSA) is 32.3 Å². The number of rotatable bonds is 2. The summed E-state index contributed by atoms with van der Waals surface area (Å²) in [6, 6.07) is 14.2. The third-order valence-electron chi connectivity index (χ3n) is 3.17. The molecule has 2 aromatic rings. The van der Waals surface area contributed by atoms with Gasteiger partial charge in [0.1, 0.15) is 5.82 Å². The van der Waals surface area contributed by atoms with Gasteiger partial charge in [0.05, 0.1) is 17.9 Å². The zero-order valence-corrected chi connectivity index (χ0v) is 10.3. The third-order valence-corrected chi connectivity index (χ3v) is 3.17. The largest absolute Gasteiger partial charge is 0.356 e. The van der Waals surface area contributed by atoms with Gasteiger partial charge in [-0.15, -0.1) is 0 Å². The maximum Gasteiger partial charge on any atom is 0.243 e. The Morgan fingerprint density at radius 2 is 1.84 bits per heavy atom. The lowest BCUT2D eigenvalue weighted by Crippen LogP contribution is -2.37. The summed E-state index contributed by atoms with van der Waals surface area (Å²) in [4.78, 5) is 13.5. The Morgan fingerprint density at radius 3 is 2.68 bits per heavy atom. The smallest absolute Gasteiger partial charge is 0.243 e. The second kappa shape index (κ2) is 4.72. The summed E-state index contributed by atoms with van der Waals surface area (Å²) in [6.07, 6.45) is 0. The van der Waals surface area contributed by atoms with Crippen LogP contribution in [0.3, 0.4) is 0 Å². The first-order valence-electron chi connectivity index (χ1n) is 6.11. The van der Waals surface area contributed by atoms with Gasteiger partial charge in [0.15, 0.2) is 0 Å². The lowest BCUT2D eigenvalue weighted by Gasteiger charge is -2.30. The molecule has 0 aromatic heterocycles. The van der Waals surface area contributed by atoms with Crippen molar-refractivity contribution in [3.05, 3.63) is 59.9 Å². The van der Waals surface area contributed by atoms with Crippen LogP contribution in [0, 0.1) is 5.82 Å². The summed E-state index contributed by atoms with van der Waals surface area (Å²) in [5.74, 6) is -0.319. The highest BCUT2D eigenvalue weighted by Gasteiger charge is 2.22. The van der Waals surface area contributed by atoms with Gasteiger partial charge >= 0.3 is 0 Å². The zero-order chi connectivity index (χ0) is 13.2. The SMILES string of the molecule is O=C1CN(Cc2ccccc2F)c2ccccc2N1. The Hall–Kier alpha value is -2.36. The van der Waals surface area contributed by atoms with Crippen molar-refractivity contribution in [3.8, 4) is 0 Å². The van der Waals surface area contributed by atoms with Crippen molar-refractivity contribution in [2.75, 3.05) is 16.8 Å². The summed E-state index contributed by atoms with van der Waals surface area (Å²) < 4.78 is 13.7. The van der Waals surface area contributed by atoms with Crippen molar-refractivity contribution in [1.29, 1.82) is 0 Å². The van der Waals surface area contributed by atoms with E-state index in [9.17, 15) is 9.18 Å². The van der Waals surface area contributed by atoms with Gasteiger partial charge in [0.2, 0.25) is 5.91 Å². The molecule has 0 saturated carbocycles. The number of hydrogen-bond donors (Lipinski definition) is 1. The number of fused-ring (bicyclic) bond motifs is 1. The van der Waals surface area contributed by atoms with Crippen LogP contribution in [0.1, 0.15) is 5.56 Å². The van der Waals surface area contributed by atoms with Gasteiger partial charge in [-0.1, -0.05) is 30.3 Å². The molecule has 1 amide bonds. The molecular formula is C15H13FN2O. The van der Waals surface area contributed by atoms with Crippen LogP contribution in [0.15, 0.2) is 48.5 Å². The first-order valence-corrected chi connectivity index (χ1v) is 6.11. The number of carbonyl (C=O) groups excluding carboxylic acids is 1. The van der Waals surface area contributed by atoms with Crippen molar-refractivity contribution in [1.82, 2.24) is 0 Å². The van der Waals surface area contributed by atoms with Crippen molar-refractivity contribution in [3.63, 3.8) is 0 Å². The van der Waals surface area contributed by atoms with Crippen molar-refractivity contribution in [2.45, 2.75) is 6.54 Å². The third kappa shape index (κ3) is 2.29. The van der Waals surface area contributed by atoms with E-state index in [2.05, 4.69) is 5.32 Å². The highest BCUT2D eigenvalue weighted by atomic mass is 19.1. The van der Waals surface area contributed by atoms with Crippen LogP contribution in [-0.4, -0.2) is 12.5 Å². The molecule has 4 heteroatoms. The quantitative estimate of drug-likeness (QED) is 0.896. The van der Waals surface area contributed by atoms with E-state index >= 15 is 0 Å². The van der Waals surface area contributed by atoms with E-state index in [1.165, 1.54) is 6.07 Å². The molecule has 19 heavy (non-hydrogen) atoms. The van der Waals surface area contributed by atoms with Crippen LogP contribution in [0.4, 0.5) is 15.8 Å². The number of nitrogens with one attached hydrogen (secondary N) is 1. The number of para-hydroxylation sites is 2. The maximum absolute atomic E-state index is 13.7. The molecule has 0 unspecified atom stereocenters. The van der Waals surface area contributed by atoms with Crippen LogP contribution in [0.2, 0.25) is 0 Å². The van der Waals surface area contributed by atoms with Crippen molar-refractivity contribution in [2.24, 2.45) is 0 Å². The van der Waals surface area contributed by atoms with E-state index in [1.54, 1.807) is 18.2 Å². The number of anilines is 2. The van der Waals surface area contributed by atoms with Gasteiger partial charge in [0.25, 0.3) is 0 Å². The lowest BCUT2D eigenvalue weighted by atomic mass is 10.1. The molecule has 0 spiro atoms. The summed E-state index contributed by atoms with van der Waals surface area (Å²) in [5.41, 5.74) is 2.28. The maximum atomic E-state index is 13.7. The van der Waals surface area contributed by atoms with Gasteiger partial charge in [-0.3, -0.25) is 4.79 Å². The van der Waals surface area contributed by atoms with Gasteiger partial charge in [-0.25, -0.2) is 4.39 Å². The molecule has 0 saturated heterocycles. The van der Waals surface area contributed by atoms with Gasteiger partial charge in [-0.2, -0.15) is 0 Å². The molecule has 0 radical (unpaired) electrons. The first kappa shape index (κ1) is 11.7. The predicted molar refractivity (Wildman–Crippen MR) is 72.5 cm³/mol. The number of carbonyl (C=O) groups is 1. The Bertz CT molecular complexity index is 627. The fourth-order valence-electron chi connectivity index (χ4n) is 2.28. The highest BCUT2D eigenvalue weighted by molar-refractivity contribution is 6.01. The Morgan fingerprint density at radius 1 is 1.11 bits per heavy atom. The van der Waals surface area contributed by atoms with Gasteiger partial charge in [0, 0.05) is 12.1 Å². The van der Waals surface area contributed by atoms with E-state index in [1.807, 2.05) is 29.2 Å². The van der Waals surface area contributed by atoms with E-state index in [4.69, 9.17) is 0 Å². The molecule has 0 atom stereocenters. The molecule has 1 heterocycles. The number of hydrogen-bond acceptors (Lipinski definition) is 2. The van der Waals surface area contributed by atoms with Crippen LogP contribution >= 0.6 is 0 Å². The average Bonchev–Trinajstić information content (AvgIpc) is 2.41. The van der Waals surface area contributed by atoms with E-state index in [0.717, 1.165) is 11.4 Å². The van der Waals surface area contributed by atoms with Crippen LogP contribution in [0.5, 0.6) is 0 Å². The molecule has 3 rings (SSSR count). The average molecular weight is 256 g/mol. The molecule has 1 N–H and O–H groups in total. The van der Waals surface area contributed by atoms with Crippen molar-refractivity contribution < 1.29 is 9.18 Å². The number of benzene rings is 2. The number of halogens is 1. The molecular weight excluding hydrogens is 243 g/mol. The second-order valence-corrected chi connectivity index (χ2v) is 4.51. The monoisotopic (exact) mass is 256 g/mol. The normalized spacial score (nSPS) is 13.9. The Labute approximate surface area is 110 Å². The first-order chi connectivity index (χ1) is 9.24. The van der Waals surface area contributed by atoms with Gasteiger partial charge in [-0.05, 0) is 18.2 Å². The fourth-order valence-corrected chi connectivity index (χ4v) is 2.28. The fraction of sp³-hybridized carbons (Fsp3) is 0.133. The molecule has 96 valence electrons. The second-order valence-electron chi connectivity index (χ2n) is 4.51. The van der Waals surface area contributed by atoms with E-state index < -0.39 is 0 Å². The van der Waals surface area contributed by atoms with E-state index in [-0.39, 0.29) is 18.3 Å². The Balaban J connectivity index is 1.94. The van der Waals surface area contributed by atoms with Crippen LogP contribution < -0.4 is 10.2 Å². The molecule has 0 bridgehead atoms. The van der Waals surface area contributed by atoms with Gasteiger partial charge < -0.3 is 10.2 Å². The minimum Gasteiger partial charge on any atom is -0.356 e. The molecule has 0 aliphatic carbocycles. The molecule has 1 aliphatic rings. The standard InChI is InChI=1S/C15H13FN2O/c16-12-6-2-1-5-11(12)9-18-10-15(19)17-13-7-3-4-8-14(13)18/h1-8H,9-10H2,(H,17,19). The summed E-state index contributed by atoms with van der Waals surface area (Å²) in [6.45, 7) is 0.627. The van der Waals surface area contributed by atoms with Crippen molar-refractivity contribution >= 4 is 17.3 Å². The summed E-state index contributed by atoms with van der Waals surface area (Å²) in [5, 5.41) is 2.82. The minimum atomic E-state index is -0.244. The number of nitrogens with zero attached hydrogens (tertiary/aromatic N) is 1. The predicted octanol–water partition coefficient (Wildman–Crippen LogP) is 2.78. The Kier molecular flexibility index (Phi) is 2.91. The summed E-state index contributed by atoms with van der Waals surface area (Å²) >= 11 is 0. The number of amides is 1. The molecule has 0 fully saturated rings. The molecule has 1 aliphatic heterocycles. The van der Waals surface area contributed by atoms with Crippen LogP contribution in [0.25, 0.3) is 0 Å².